The molecule has 0 amide bonds. The number of rotatable bonds is 7. The van der Waals surface area contributed by atoms with Crippen molar-refractivity contribution in [2.45, 2.75) is 46.0 Å². The van der Waals surface area contributed by atoms with E-state index in [0.29, 0.717) is 5.96 Å². The quantitative estimate of drug-likeness (QED) is 0.286. The van der Waals surface area contributed by atoms with Gasteiger partial charge in [-0.2, -0.15) is 5.10 Å². The Morgan fingerprint density at radius 1 is 1.04 bits per heavy atom. The summed E-state index contributed by atoms with van der Waals surface area (Å²) in [6.45, 7) is 4.95. The van der Waals surface area contributed by atoms with Gasteiger partial charge in [0.25, 0.3) is 0 Å². The van der Waals surface area contributed by atoms with Crippen LogP contribution in [0.4, 0.5) is 0 Å². The molecule has 3 rings (SSSR count). The summed E-state index contributed by atoms with van der Waals surface area (Å²) in [6.07, 6.45) is 5.74. The van der Waals surface area contributed by atoms with Crippen LogP contribution in [0, 0.1) is 0 Å². The molecule has 0 aromatic heterocycles. The van der Waals surface area contributed by atoms with Crippen molar-refractivity contribution in [1.82, 2.24) is 5.43 Å². The second-order valence-corrected chi connectivity index (χ2v) is 6.84. The molecule has 4 heteroatoms. The number of guanidine groups is 1. The highest BCUT2D eigenvalue weighted by molar-refractivity contribution is 6.00. The van der Waals surface area contributed by atoms with Crippen LogP contribution in [-0.2, 0) is 6.42 Å². The van der Waals surface area contributed by atoms with Crippen LogP contribution in [0.3, 0.4) is 0 Å². The van der Waals surface area contributed by atoms with Gasteiger partial charge < -0.3 is 5.73 Å². The number of nitrogens with one attached hydrogen (secondary N) is 1. The lowest BCUT2D eigenvalue weighted by Gasteiger charge is -2.06. The predicted octanol–water partition coefficient (Wildman–Crippen LogP) is 4.47. The molecule has 26 heavy (non-hydrogen) atoms. The van der Waals surface area contributed by atoms with E-state index in [1.165, 1.54) is 41.5 Å². The largest absolute Gasteiger partial charge is 0.369 e. The van der Waals surface area contributed by atoms with Gasteiger partial charge in [0.05, 0.1) is 5.71 Å². The zero-order valence-corrected chi connectivity index (χ0v) is 15.8. The lowest BCUT2D eigenvalue weighted by Crippen LogP contribution is -2.28. The van der Waals surface area contributed by atoms with Crippen LogP contribution < -0.4 is 11.2 Å². The lowest BCUT2D eigenvalue weighted by atomic mass is 10.0. The molecule has 2 aromatic carbocycles. The minimum absolute atomic E-state index is 0.384. The van der Waals surface area contributed by atoms with E-state index in [9.17, 15) is 0 Å². The Kier molecular flexibility index (Phi) is 6.05. The maximum atomic E-state index is 5.89. The van der Waals surface area contributed by atoms with Crippen molar-refractivity contribution < 1.29 is 0 Å². The maximum Gasteiger partial charge on any atom is 0.209 e. The highest BCUT2D eigenvalue weighted by atomic mass is 15.4. The van der Waals surface area contributed by atoms with Crippen molar-refractivity contribution in [1.29, 1.82) is 0 Å². The van der Waals surface area contributed by atoms with Crippen molar-refractivity contribution in [2.24, 2.45) is 15.8 Å². The van der Waals surface area contributed by atoms with Crippen LogP contribution in [0.15, 0.2) is 52.6 Å². The molecule has 0 bridgehead atoms. The second-order valence-electron chi connectivity index (χ2n) is 6.84. The normalized spacial score (nSPS) is 13.5. The first-order valence-corrected chi connectivity index (χ1v) is 9.51. The van der Waals surface area contributed by atoms with E-state index in [0.717, 1.165) is 30.7 Å². The van der Waals surface area contributed by atoms with E-state index in [-0.39, 0.29) is 0 Å². The summed E-state index contributed by atoms with van der Waals surface area (Å²) >= 11 is 0. The van der Waals surface area contributed by atoms with E-state index in [1.54, 1.807) is 0 Å². The zero-order valence-electron chi connectivity index (χ0n) is 15.8. The van der Waals surface area contributed by atoms with Crippen LogP contribution in [0.1, 0.15) is 56.2 Å². The Morgan fingerprint density at radius 3 is 2.69 bits per heavy atom. The molecule has 0 saturated heterocycles. The molecule has 0 unspecified atom stereocenters. The third-order valence-electron chi connectivity index (χ3n) is 4.84. The SMILES string of the molecule is CCCCCCN=C(N)N/N=C(\C)c1ccc2c(c1)Cc1ccccc1-2. The number of fused-ring (bicyclic) bond motifs is 3. The van der Waals surface area contributed by atoms with Gasteiger partial charge in [-0.25, -0.2) is 5.43 Å². The molecular weight excluding hydrogens is 320 g/mol. The van der Waals surface area contributed by atoms with Gasteiger partial charge in [-0.1, -0.05) is 62.6 Å². The molecule has 2 aromatic rings. The summed E-state index contributed by atoms with van der Waals surface area (Å²) in [5, 5.41) is 4.39. The zero-order chi connectivity index (χ0) is 18.4. The van der Waals surface area contributed by atoms with Gasteiger partial charge in [-0.05, 0) is 53.6 Å². The summed E-state index contributed by atoms with van der Waals surface area (Å²) in [5.74, 6) is 0.384. The fourth-order valence-electron chi connectivity index (χ4n) is 3.35. The maximum absolute atomic E-state index is 5.89. The molecule has 1 aliphatic carbocycles. The first-order valence-electron chi connectivity index (χ1n) is 9.51. The Morgan fingerprint density at radius 2 is 1.85 bits per heavy atom. The fourth-order valence-corrected chi connectivity index (χ4v) is 3.35. The number of nitrogens with zero attached hydrogens (tertiary/aromatic N) is 2. The van der Waals surface area contributed by atoms with E-state index in [4.69, 9.17) is 5.73 Å². The smallest absolute Gasteiger partial charge is 0.209 e. The van der Waals surface area contributed by atoms with Gasteiger partial charge in [0, 0.05) is 6.54 Å². The number of hydrazone groups is 1. The van der Waals surface area contributed by atoms with Crippen LogP contribution in [-0.4, -0.2) is 18.2 Å². The Labute approximate surface area is 156 Å². The van der Waals surface area contributed by atoms with Crippen molar-refractivity contribution in [2.75, 3.05) is 6.54 Å². The fraction of sp³-hybridized carbons (Fsp3) is 0.364. The van der Waals surface area contributed by atoms with Gasteiger partial charge in [0.15, 0.2) is 0 Å². The van der Waals surface area contributed by atoms with E-state index in [2.05, 4.69) is 64.9 Å². The molecule has 136 valence electrons. The molecule has 0 heterocycles. The average Bonchev–Trinajstić information content (AvgIpc) is 3.03. The van der Waals surface area contributed by atoms with Gasteiger partial charge >= 0.3 is 0 Å². The van der Waals surface area contributed by atoms with Gasteiger partial charge in [-0.15, -0.1) is 0 Å². The molecular formula is C22H28N4. The van der Waals surface area contributed by atoms with Crippen molar-refractivity contribution in [3.63, 3.8) is 0 Å². The summed E-state index contributed by atoms with van der Waals surface area (Å²) in [5.41, 5.74) is 16.2. The monoisotopic (exact) mass is 348 g/mol. The van der Waals surface area contributed by atoms with Gasteiger partial charge in [0.2, 0.25) is 5.96 Å². The summed E-state index contributed by atoms with van der Waals surface area (Å²) in [7, 11) is 0. The number of benzene rings is 2. The summed E-state index contributed by atoms with van der Waals surface area (Å²) in [4.78, 5) is 4.32. The van der Waals surface area contributed by atoms with Crippen LogP contribution in [0.5, 0.6) is 0 Å². The minimum atomic E-state index is 0.384. The standard InChI is InChI=1S/C22H28N4/c1-3-4-5-8-13-24-22(23)26-25-16(2)17-11-12-21-19(14-17)15-18-9-6-7-10-20(18)21/h6-7,9-12,14H,3-5,8,13,15H2,1-2H3,(H3,23,24,26)/b25-16+. The molecule has 0 fully saturated rings. The Bertz CT molecular complexity index is 821. The number of hydrogen-bond donors (Lipinski definition) is 2. The molecule has 0 atom stereocenters. The molecule has 0 spiro atoms. The van der Waals surface area contributed by atoms with Crippen molar-refractivity contribution in [3.05, 3.63) is 59.2 Å². The lowest BCUT2D eigenvalue weighted by molar-refractivity contribution is 0.673. The van der Waals surface area contributed by atoms with E-state index < -0.39 is 0 Å². The first kappa shape index (κ1) is 18.2. The first-order chi connectivity index (χ1) is 12.7. The average molecular weight is 348 g/mol. The number of nitrogens with two attached hydrogens (primary N) is 1. The molecule has 1 aliphatic rings. The predicted molar refractivity (Wildman–Crippen MR) is 111 cm³/mol. The van der Waals surface area contributed by atoms with E-state index in [1.807, 2.05) is 6.92 Å². The topological polar surface area (TPSA) is 62.8 Å². The van der Waals surface area contributed by atoms with E-state index >= 15 is 0 Å². The van der Waals surface area contributed by atoms with Crippen molar-refractivity contribution >= 4 is 11.7 Å². The highest BCUT2D eigenvalue weighted by Crippen LogP contribution is 2.36. The number of hydrogen-bond acceptors (Lipinski definition) is 2. The number of unbranched alkanes of at least 4 members (excludes halogenated alkanes) is 3. The molecule has 0 aliphatic heterocycles. The Balaban J connectivity index is 1.62. The number of aliphatic imine (C=N–C) groups is 1. The molecule has 0 saturated carbocycles. The Hall–Kier alpha value is -2.62. The second kappa shape index (κ2) is 8.65. The van der Waals surface area contributed by atoms with Gasteiger partial charge in [0.1, 0.15) is 0 Å². The van der Waals surface area contributed by atoms with Crippen LogP contribution >= 0.6 is 0 Å². The third kappa shape index (κ3) is 4.31. The van der Waals surface area contributed by atoms with Crippen LogP contribution in [0.2, 0.25) is 0 Å². The molecule has 3 N–H and O–H groups in total. The molecule has 0 radical (unpaired) electrons. The summed E-state index contributed by atoms with van der Waals surface area (Å²) < 4.78 is 0. The van der Waals surface area contributed by atoms with Crippen molar-refractivity contribution in [3.8, 4) is 11.1 Å². The summed E-state index contributed by atoms with van der Waals surface area (Å²) in [6, 6.07) is 15.2. The van der Waals surface area contributed by atoms with Gasteiger partial charge in [-0.3, -0.25) is 4.99 Å². The van der Waals surface area contributed by atoms with Crippen LogP contribution in [0.25, 0.3) is 11.1 Å². The third-order valence-corrected chi connectivity index (χ3v) is 4.84. The molecule has 4 nitrogen and oxygen atoms in total. The minimum Gasteiger partial charge on any atom is -0.369 e. The highest BCUT2D eigenvalue weighted by Gasteiger charge is 2.18.